The molecule has 1 aliphatic rings. The van der Waals surface area contributed by atoms with Gasteiger partial charge in [0.2, 0.25) is 5.91 Å². The molecule has 1 heterocycles. The molecule has 5 heteroatoms. The summed E-state index contributed by atoms with van der Waals surface area (Å²) in [6.45, 7) is 2.23. The third-order valence-electron chi connectivity index (χ3n) is 3.81. The summed E-state index contributed by atoms with van der Waals surface area (Å²) in [4.78, 5) is 24.7. The van der Waals surface area contributed by atoms with Gasteiger partial charge < -0.3 is 10.0 Å². The maximum absolute atomic E-state index is 12.1. The SMILES string of the molecule is CC1C(C(=O)O)CCN1C(=O)C=Cc1ccc(C#N)cc1. The zero-order valence-corrected chi connectivity index (χ0v) is 11.7. The minimum atomic E-state index is -0.853. The van der Waals surface area contributed by atoms with E-state index in [2.05, 4.69) is 0 Å². The summed E-state index contributed by atoms with van der Waals surface area (Å²) in [7, 11) is 0. The van der Waals surface area contributed by atoms with Gasteiger partial charge in [0.15, 0.2) is 0 Å². The highest BCUT2D eigenvalue weighted by Crippen LogP contribution is 2.24. The largest absolute Gasteiger partial charge is 0.481 e. The molecule has 21 heavy (non-hydrogen) atoms. The van der Waals surface area contributed by atoms with Gasteiger partial charge in [-0.1, -0.05) is 12.1 Å². The second kappa shape index (κ2) is 6.23. The van der Waals surface area contributed by atoms with Crippen molar-refractivity contribution in [3.63, 3.8) is 0 Å². The summed E-state index contributed by atoms with van der Waals surface area (Å²) in [5.41, 5.74) is 1.39. The van der Waals surface area contributed by atoms with Crippen LogP contribution >= 0.6 is 0 Å². The molecule has 1 aliphatic heterocycles. The lowest BCUT2D eigenvalue weighted by Gasteiger charge is -2.21. The van der Waals surface area contributed by atoms with Crippen LogP contribution in [-0.2, 0) is 9.59 Å². The number of nitrogens with zero attached hydrogens (tertiary/aromatic N) is 2. The van der Waals surface area contributed by atoms with Crippen molar-refractivity contribution in [2.45, 2.75) is 19.4 Å². The molecule has 5 nitrogen and oxygen atoms in total. The predicted octanol–water partition coefficient (Wildman–Crippen LogP) is 1.89. The molecule has 2 rings (SSSR count). The first kappa shape index (κ1) is 14.8. The first-order chi connectivity index (χ1) is 10.0. The molecule has 1 amide bonds. The number of carbonyl (C=O) groups excluding carboxylic acids is 1. The van der Waals surface area contributed by atoms with Crippen LogP contribution in [-0.4, -0.2) is 34.5 Å². The second-order valence-corrected chi connectivity index (χ2v) is 5.07. The summed E-state index contributed by atoms with van der Waals surface area (Å²) >= 11 is 0. The molecule has 1 aromatic rings. The molecule has 0 saturated carbocycles. The fourth-order valence-electron chi connectivity index (χ4n) is 2.51. The summed E-state index contributed by atoms with van der Waals surface area (Å²) in [5, 5.41) is 17.8. The van der Waals surface area contributed by atoms with E-state index in [4.69, 9.17) is 10.4 Å². The van der Waals surface area contributed by atoms with E-state index in [1.54, 1.807) is 42.2 Å². The van der Waals surface area contributed by atoms with Crippen LogP contribution in [0.3, 0.4) is 0 Å². The van der Waals surface area contributed by atoms with Crippen LogP contribution in [0, 0.1) is 17.2 Å². The minimum Gasteiger partial charge on any atom is -0.481 e. The maximum Gasteiger partial charge on any atom is 0.308 e. The Morgan fingerprint density at radius 1 is 1.38 bits per heavy atom. The van der Waals surface area contributed by atoms with Crippen molar-refractivity contribution in [1.82, 2.24) is 4.90 Å². The highest BCUT2D eigenvalue weighted by atomic mass is 16.4. The van der Waals surface area contributed by atoms with E-state index in [9.17, 15) is 9.59 Å². The van der Waals surface area contributed by atoms with Gasteiger partial charge in [-0.25, -0.2) is 0 Å². The Morgan fingerprint density at radius 3 is 2.57 bits per heavy atom. The molecule has 1 N–H and O–H groups in total. The van der Waals surface area contributed by atoms with Gasteiger partial charge in [-0.2, -0.15) is 5.26 Å². The highest BCUT2D eigenvalue weighted by molar-refractivity contribution is 5.92. The van der Waals surface area contributed by atoms with Crippen molar-refractivity contribution in [3.8, 4) is 6.07 Å². The van der Waals surface area contributed by atoms with Crippen LogP contribution in [0.1, 0.15) is 24.5 Å². The number of rotatable bonds is 3. The zero-order chi connectivity index (χ0) is 15.4. The predicted molar refractivity (Wildman–Crippen MR) is 77.1 cm³/mol. The summed E-state index contributed by atoms with van der Waals surface area (Å²) in [5.74, 6) is -1.53. The summed E-state index contributed by atoms with van der Waals surface area (Å²) < 4.78 is 0. The number of aliphatic carboxylic acids is 1. The topological polar surface area (TPSA) is 81.4 Å². The van der Waals surface area contributed by atoms with Crippen LogP contribution in [0.2, 0.25) is 0 Å². The lowest BCUT2D eigenvalue weighted by Crippen LogP contribution is -2.36. The van der Waals surface area contributed by atoms with Crippen molar-refractivity contribution < 1.29 is 14.7 Å². The zero-order valence-electron chi connectivity index (χ0n) is 11.7. The van der Waals surface area contributed by atoms with Gasteiger partial charge in [0, 0.05) is 18.7 Å². The molecule has 108 valence electrons. The number of hydrogen-bond acceptors (Lipinski definition) is 3. The van der Waals surface area contributed by atoms with E-state index >= 15 is 0 Å². The van der Waals surface area contributed by atoms with Crippen molar-refractivity contribution in [2.75, 3.05) is 6.54 Å². The normalized spacial score (nSPS) is 21.4. The highest BCUT2D eigenvalue weighted by Gasteiger charge is 2.37. The Morgan fingerprint density at radius 2 is 2.05 bits per heavy atom. The van der Waals surface area contributed by atoms with E-state index in [0.29, 0.717) is 18.5 Å². The van der Waals surface area contributed by atoms with Crippen molar-refractivity contribution >= 4 is 18.0 Å². The number of nitriles is 1. The average molecular weight is 284 g/mol. The molecule has 0 spiro atoms. The Bertz CT molecular complexity index is 613. The first-order valence-electron chi connectivity index (χ1n) is 6.74. The Kier molecular flexibility index (Phi) is 4.39. The minimum absolute atomic E-state index is 0.185. The quantitative estimate of drug-likeness (QED) is 0.859. The van der Waals surface area contributed by atoms with Crippen molar-refractivity contribution in [3.05, 3.63) is 41.5 Å². The van der Waals surface area contributed by atoms with Gasteiger partial charge >= 0.3 is 5.97 Å². The van der Waals surface area contributed by atoms with Crippen LogP contribution in [0.5, 0.6) is 0 Å². The Labute approximate surface area is 123 Å². The van der Waals surface area contributed by atoms with E-state index in [1.165, 1.54) is 6.08 Å². The number of likely N-dealkylation sites (tertiary alicyclic amines) is 1. The van der Waals surface area contributed by atoms with Gasteiger partial charge in [0.25, 0.3) is 0 Å². The van der Waals surface area contributed by atoms with E-state index in [1.807, 2.05) is 6.07 Å². The lowest BCUT2D eigenvalue weighted by atomic mass is 10.0. The van der Waals surface area contributed by atoms with Crippen LogP contribution < -0.4 is 0 Å². The van der Waals surface area contributed by atoms with E-state index in [0.717, 1.165) is 5.56 Å². The number of carbonyl (C=O) groups is 2. The van der Waals surface area contributed by atoms with Gasteiger partial charge in [-0.05, 0) is 37.1 Å². The van der Waals surface area contributed by atoms with Crippen LogP contribution in [0.25, 0.3) is 6.08 Å². The molecule has 1 fully saturated rings. The van der Waals surface area contributed by atoms with E-state index in [-0.39, 0.29) is 11.9 Å². The molecule has 2 unspecified atom stereocenters. The number of amides is 1. The fraction of sp³-hybridized carbons (Fsp3) is 0.312. The Hall–Kier alpha value is -2.61. The van der Waals surface area contributed by atoms with Crippen molar-refractivity contribution in [2.24, 2.45) is 5.92 Å². The third kappa shape index (κ3) is 3.29. The molecule has 2 atom stereocenters. The summed E-state index contributed by atoms with van der Waals surface area (Å²) in [6, 6.07) is 8.63. The number of carboxylic acids is 1. The van der Waals surface area contributed by atoms with Gasteiger partial charge in [0.1, 0.15) is 0 Å². The van der Waals surface area contributed by atoms with Gasteiger partial charge in [-0.15, -0.1) is 0 Å². The standard InChI is InChI=1S/C16H16N2O3/c1-11-14(16(20)21)8-9-18(11)15(19)7-6-12-2-4-13(10-17)5-3-12/h2-7,11,14H,8-9H2,1H3,(H,20,21). The summed E-state index contributed by atoms with van der Waals surface area (Å²) in [6.07, 6.45) is 3.61. The molecular weight excluding hydrogens is 268 g/mol. The molecule has 0 radical (unpaired) electrons. The lowest BCUT2D eigenvalue weighted by molar-refractivity contribution is -0.142. The molecule has 0 aromatic heterocycles. The third-order valence-corrected chi connectivity index (χ3v) is 3.81. The van der Waals surface area contributed by atoms with Gasteiger partial charge in [-0.3, -0.25) is 9.59 Å². The first-order valence-corrected chi connectivity index (χ1v) is 6.74. The molecule has 0 bridgehead atoms. The van der Waals surface area contributed by atoms with Crippen LogP contribution in [0.15, 0.2) is 30.3 Å². The Balaban J connectivity index is 2.02. The molecule has 0 aliphatic carbocycles. The number of hydrogen-bond donors (Lipinski definition) is 1. The van der Waals surface area contributed by atoms with Gasteiger partial charge in [0.05, 0.1) is 17.6 Å². The molecular formula is C16H16N2O3. The smallest absolute Gasteiger partial charge is 0.308 e. The maximum atomic E-state index is 12.1. The number of benzene rings is 1. The average Bonchev–Trinajstić information content (AvgIpc) is 2.87. The molecule has 1 saturated heterocycles. The number of carboxylic acid groups (broad SMARTS) is 1. The van der Waals surface area contributed by atoms with E-state index < -0.39 is 11.9 Å². The monoisotopic (exact) mass is 284 g/mol. The van der Waals surface area contributed by atoms with Crippen LogP contribution in [0.4, 0.5) is 0 Å². The fourth-order valence-corrected chi connectivity index (χ4v) is 2.51. The molecule has 1 aromatic carbocycles. The van der Waals surface area contributed by atoms with Crippen molar-refractivity contribution in [1.29, 1.82) is 5.26 Å². The second-order valence-electron chi connectivity index (χ2n) is 5.07.